The van der Waals surface area contributed by atoms with Crippen LogP contribution in [0.1, 0.15) is 69.0 Å². The maximum atomic E-state index is 16.3. The molecule has 11 nitrogen and oxygen atoms in total. The lowest BCUT2D eigenvalue weighted by Crippen LogP contribution is -2.57. The maximum Gasteiger partial charge on any atom is 0.410 e. The molecule has 286 valence electrons. The summed E-state index contributed by atoms with van der Waals surface area (Å²) in [7, 11) is 1.43. The molecular formula is C39H43F3N6O5S. The fourth-order valence-electron chi connectivity index (χ4n) is 8.72. The molecule has 15 heteroatoms. The topological polar surface area (TPSA) is 102 Å². The number of carbonyl (C=O) groups excluding carboxylic acids is 1. The lowest BCUT2D eigenvalue weighted by Gasteiger charge is -2.41. The molecule has 0 N–H and O–H groups in total. The third-order valence-corrected chi connectivity index (χ3v) is 11.9. The molecule has 4 fully saturated rings. The normalized spacial score (nSPS) is 24.0. The van der Waals surface area contributed by atoms with Gasteiger partial charge in [0, 0.05) is 50.5 Å². The Morgan fingerprint density at radius 2 is 1.89 bits per heavy atom. The van der Waals surface area contributed by atoms with E-state index in [0.717, 1.165) is 32.2 Å². The molecule has 2 unspecified atom stereocenters. The molecule has 0 spiro atoms. The smallest absolute Gasteiger partial charge is 0.410 e. The van der Waals surface area contributed by atoms with Crippen molar-refractivity contribution >= 4 is 44.4 Å². The molecule has 4 saturated heterocycles. The van der Waals surface area contributed by atoms with E-state index in [-0.39, 0.29) is 66.3 Å². The lowest BCUT2D eigenvalue weighted by atomic mass is 9.95. The van der Waals surface area contributed by atoms with E-state index in [1.54, 1.807) is 0 Å². The van der Waals surface area contributed by atoms with Crippen LogP contribution >= 0.6 is 11.3 Å². The van der Waals surface area contributed by atoms with Gasteiger partial charge in [-0.2, -0.15) is 9.97 Å². The first-order chi connectivity index (χ1) is 25.9. The number of rotatable bonds is 9. The van der Waals surface area contributed by atoms with Crippen molar-refractivity contribution in [1.29, 1.82) is 0 Å². The van der Waals surface area contributed by atoms with E-state index < -0.39 is 28.9 Å². The van der Waals surface area contributed by atoms with Crippen LogP contribution in [0.3, 0.4) is 0 Å². The Kier molecular flexibility index (Phi) is 9.51. The van der Waals surface area contributed by atoms with Crippen LogP contribution in [0.5, 0.6) is 11.8 Å². The fourth-order valence-corrected chi connectivity index (χ4v) is 9.65. The number of piperazine rings is 1. The number of thiazole rings is 1. The summed E-state index contributed by atoms with van der Waals surface area (Å²) >= 11 is 1.25. The van der Waals surface area contributed by atoms with Gasteiger partial charge < -0.3 is 23.8 Å². The first-order valence-corrected chi connectivity index (χ1v) is 19.2. The zero-order valence-electron chi connectivity index (χ0n) is 30.8. The van der Waals surface area contributed by atoms with Gasteiger partial charge in [0.15, 0.2) is 29.0 Å². The van der Waals surface area contributed by atoms with Gasteiger partial charge in [0.1, 0.15) is 34.7 Å². The summed E-state index contributed by atoms with van der Waals surface area (Å²) in [4.78, 5) is 34.6. The molecule has 0 radical (unpaired) electrons. The average Bonchev–Trinajstić information content (AvgIpc) is 3.86. The Labute approximate surface area is 315 Å². The van der Waals surface area contributed by atoms with Gasteiger partial charge >= 0.3 is 12.1 Å². The van der Waals surface area contributed by atoms with Crippen LogP contribution in [0, 0.1) is 24.0 Å². The summed E-state index contributed by atoms with van der Waals surface area (Å²) < 4.78 is 68.6. The molecule has 4 aromatic rings. The monoisotopic (exact) mass is 764 g/mol. The highest BCUT2D eigenvalue weighted by molar-refractivity contribution is 7.18. The van der Waals surface area contributed by atoms with Gasteiger partial charge in [0.25, 0.3) is 0 Å². The number of nitrogens with zero attached hydrogens (tertiary/aromatic N) is 6. The highest BCUT2D eigenvalue weighted by atomic mass is 32.1. The number of terminal acetylenes is 1. The van der Waals surface area contributed by atoms with Crippen molar-refractivity contribution in [3.8, 4) is 24.1 Å². The first-order valence-electron chi connectivity index (χ1n) is 18.3. The van der Waals surface area contributed by atoms with Crippen LogP contribution in [-0.4, -0.2) is 107 Å². The van der Waals surface area contributed by atoms with E-state index in [4.69, 9.17) is 40.3 Å². The molecule has 0 aliphatic carbocycles. The number of hydrogen-bond acceptors (Lipinski definition) is 11. The first kappa shape index (κ1) is 36.6. The zero-order chi connectivity index (χ0) is 37.9. The minimum Gasteiger partial charge on any atom is -0.464 e. The van der Waals surface area contributed by atoms with Crippen molar-refractivity contribution in [3.05, 3.63) is 46.0 Å². The largest absolute Gasteiger partial charge is 0.464 e. The van der Waals surface area contributed by atoms with Crippen LogP contribution in [0.25, 0.3) is 21.1 Å². The molecule has 54 heavy (non-hydrogen) atoms. The number of amides is 1. The molecule has 4 aliphatic heterocycles. The Bertz CT molecular complexity index is 2140. The van der Waals surface area contributed by atoms with Crippen molar-refractivity contribution in [2.75, 3.05) is 51.6 Å². The van der Waals surface area contributed by atoms with Gasteiger partial charge in [-0.25, -0.2) is 22.9 Å². The number of anilines is 1. The number of aromatic nitrogens is 3. The Balaban J connectivity index is 1.18. The van der Waals surface area contributed by atoms with E-state index in [1.807, 2.05) is 25.7 Å². The van der Waals surface area contributed by atoms with Crippen LogP contribution in [0.15, 0.2) is 18.2 Å². The van der Waals surface area contributed by atoms with Gasteiger partial charge in [-0.3, -0.25) is 9.80 Å². The second kappa shape index (κ2) is 14.0. The van der Waals surface area contributed by atoms with Gasteiger partial charge in [-0.05, 0) is 70.5 Å². The summed E-state index contributed by atoms with van der Waals surface area (Å²) in [5.41, 5.74) is -0.468. The van der Waals surface area contributed by atoms with Crippen molar-refractivity contribution < 1.29 is 36.9 Å². The summed E-state index contributed by atoms with van der Waals surface area (Å²) in [5, 5.41) is 1.25. The molecule has 1 amide bonds. The average molecular weight is 765 g/mol. The van der Waals surface area contributed by atoms with E-state index in [9.17, 15) is 9.18 Å². The number of hydrogen-bond donors (Lipinski definition) is 0. The fraction of sp³-hybridized carbons (Fsp3) is 0.538. The van der Waals surface area contributed by atoms with Crippen LogP contribution in [-0.2, 0) is 15.9 Å². The van der Waals surface area contributed by atoms with Crippen LogP contribution < -0.4 is 14.4 Å². The number of alkyl halides is 1. The van der Waals surface area contributed by atoms with Gasteiger partial charge in [-0.15, -0.1) is 6.42 Å². The second-order valence-electron chi connectivity index (χ2n) is 15.7. The van der Waals surface area contributed by atoms with Crippen LogP contribution in [0.2, 0.25) is 0 Å². The van der Waals surface area contributed by atoms with E-state index in [1.165, 1.54) is 36.6 Å². The quantitative estimate of drug-likeness (QED) is 0.137. The Hall–Kier alpha value is -4.39. The number of ether oxygens (including phenoxy) is 4. The number of halogens is 3. The Morgan fingerprint density at radius 3 is 2.61 bits per heavy atom. The number of fused-ring (bicyclic) bond motifs is 5. The standard InChI is InChI=1S/C39H43F3N6O5S/c1-6-26-28(41)11-8-22-14-29(52-21-50-5)32(42)27(31(22)26)15-30-43-33-34(46-18-24-9-10-25(19-46)48(24)37(49)53-38(2,3)4)44-36(45-35(33)54-30)51-20-39-12-7-13-47(39)17-23(40)16-39/h1,8,11,14,23-25H,7,9-10,12-13,15-21H2,2-5H3/t23-,24?,25?,39+/m1/s1. The second-order valence-corrected chi connectivity index (χ2v) is 16.8. The molecule has 2 bridgehead atoms. The summed E-state index contributed by atoms with van der Waals surface area (Å²) in [6.07, 6.45) is 8.28. The van der Waals surface area contributed by atoms with E-state index in [2.05, 4.69) is 15.7 Å². The zero-order valence-corrected chi connectivity index (χ0v) is 31.6. The molecular weight excluding hydrogens is 722 g/mol. The number of methoxy groups -OCH3 is 1. The van der Waals surface area contributed by atoms with Crippen LogP contribution in [0.4, 0.5) is 23.8 Å². The molecule has 8 rings (SSSR count). The summed E-state index contributed by atoms with van der Waals surface area (Å²) in [5.74, 6) is 1.53. The highest BCUT2D eigenvalue weighted by Gasteiger charge is 2.50. The van der Waals surface area contributed by atoms with Crippen molar-refractivity contribution in [2.45, 2.75) is 88.7 Å². The minimum absolute atomic E-state index is 0.0467. The molecule has 4 atom stereocenters. The van der Waals surface area contributed by atoms with Crippen molar-refractivity contribution in [3.63, 3.8) is 0 Å². The number of benzene rings is 2. The lowest BCUT2D eigenvalue weighted by molar-refractivity contribution is 0.0122. The highest BCUT2D eigenvalue weighted by Crippen LogP contribution is 2.42. The van der Waals surface area contributed by atoms with Gasteiger partial charge in [0.2, 0.25) is 0 Å². The predicted molar refractivity (Wildman–Crippen MR) is 198 cm³/mol. The summed E-state index contributed by atoms with van der Waals surface area (Å²) in [6.45, 7) is 7.80. The van der Waals surface area contributed by atoms with E-state index >= 15 is 8.78 Å². The molecule has 2 aromatic heterocycles. The molecule has 6 heterocycles. The SMILES string of the molecule is C#Cc1c(F)ccc2cc(OCOC)c(F)c(Cc3nc4c(N5CC6CCC(C5)N6C(=O)OC(C)(C)C)nc(OC[C@@]56CCCN5C[C@H](F)C6)nc4s3)c12. The molecule has 0 saturated carbocycles. The third kappa shape index (κ3) is 6.66. The number of carbonyl (C=O) groups is 1. The molecule has 2 aromatic carbocycles. The summed E-state index contributed by atoms with van der Waals surface area (Å²) in [6, 6.07) is 4.19. The maximum absolute atomic E-state index is 16.3. The third-order valence-electron chi connectivity index (χ3n) is 10.9. The Morgan fingerprint density at radius 1 is 1.11 bits per heavy atom. The van der Waals surface area contributed by atoms with Gasteiger partial charge in [-0.1, -0.05) is 23.3 Å². The predicted octanol–water partition coefficient (Wildman–Crippen LogP) is 6.62. The molecule has 4 aliphatic rings. The van der Waals surface area contributed by atoms with E-state index in [0.29, 0.717) is 52.6 Å². The van der Waals surface area contributed by atoms with Crippen molar-refractivity contribution in [2.24, 2.45) is 0 Å². The minimum atomic E-state index is -0.910. The van der Waals surface area contributed by atoms with Crippen molar-refractivity contribution in [1.82, 2.24) is 24.8 Å². The van der Waals surface area contributed by atoms with Gasteiger partial charge in [0.05, 0.1) is 23.2 Å².